The van der Waals surface area contributed by atoms with Crippen molar-refractivity contribution in [3.05, 3.63) is 22.4 Å². The van der Waals surface area contributed by atoms with Crippen LogP contribution in [0.2, 0.25) is 0 Å². The van der Waals surface area contributed by atoms with Gasteiger partial charge in [0.25, 0.3) is 0 Å². The number of carbonyl (C=O) groups excluding carboxylic acids is 2. The second kappa shape index (κ2) is 5.20. The van der Waals surface area contributed by atoms with E-state index in [2.05, 4.69) is 10.7 Å². The van der Waals surface area contributed by atoms with Gasteiger partial charge < -0.3 is 10.2 Å². The standard InChI is InChI=1S/C15H20N2O2S/c1-2-12-13(18)17(9-11-5-8-20-10-11)15(14(19)16-12)6-3-4-7-15/h5,8,10,12H,2-4,6-7,9H2,1H3,(H,16,19). The van der Waals surface area contributed by atoms with Crippen LogP contribution in [0.5, 0.6) is 0 Å². The SMILES string of the molecule is CCC1NC(=O)C2(CCCC2)N(Cc2ccsc2)C1=O. The zero-order chi connectivity index (χ0) is 14.2. The molecule has 1 saturated heterocycles. The van der Waals surface area contributed by atoms with Gasteiger partial charge in [0.05, 0.1) is 0 Å². The number of rotatable bonds is 3. The fourth-order valence-electron chi connectivity index (χ4n) is 3.40. The van der Waals surface area contributed by atoms with Crippen LogP contribution in [0.3, 0.4) is 0 Å². The molecule has 3 rings (SSSR count). The van der Waals surface area contributed by atoms with E-state index < -0.39 is 5.54 Å². The molecule has 20 heavy (non-hydrogen) atoms. The number of thiophene rings is 1. The van der Waals surface area contributed by atoms with Crippen LogP contribution in [0.25, 0.3) is 0 Å². The van der Waals surface area contributed by atoms with Gasteiger partial charge in [0.2, 0.25) is 11.8 Å². The summed E-state index contributed by atoms with van der Waals surface area (Å²) in [4.78, 5) is 27.1. The molecule has 1 aromatic rings. The molecule has 1 unspecified atom stereocenters. The number of hydrogen-bond acceptors (Lipinski definition) is 3. The molecule has 0 aromatic carbocycles. The quantitative estimate of drug-likeness (QED) is 0.929. The van der Waals surface area contributed by atoms with Crippen LogP contribution in [-0.2, 0) is 16.1 Å². The summed E-state index contributed by atoms with van der Waals surface area (Å²) < 4.78 is 0. The summed E-state index contributed by atoms with van der Waals surface area (Å²) in [5.74, 6) is 0.136. The fraction of sp³-hybridized carbons (Fsp3) is 0.600. The lowest BCUT2D eigenvalue weighted by atomic mass is 9.88. The predicted octanol–water partition coefficient (Wildman–Crippen LogP) is 2.30. The molecule has 5 heteroatoms. The summed E-state index contributed by atoms with van der Waals surface area (Å²) >= 11 is 1.63. The van der Waals surface area contributed by atoms with E-state index in [1.54, 1.807) is 11.3 Å². The lowest BCUT2D eigenvalue weighted by Gasteiger charge is -2.46. The summed E-state index contributed by atoms with van der Waals surface area (Å²) in [5.41, 5.74) is 0.532. The van der Waals surface area contributed by atoms with Crippen molar-refractivity contribution >= 4 is 23.2 Å². The highest BCUT2D eigenvalue weighted by Crippen LogP contribution is 2.39. The molecule has 2 aliphatic rings. The van der Waals surface area contributed by atoms with Crippen molar-refractivity contribution in [2.45, 2.75) is 57.2 Å². The zero-order valence-electron chi connectivity index (χ0n) is 11.7. The number of carbonyl (C=O) groups is 2. The van der Waals surface area contributed by atoms with Crippen LogP contribution in [-0.4, -0.2) is 28.3 Å². The molecular weight excluding hydrogens is 272 g/mol. The van der Waals surface area contributed by atoms with Gasteiger partial charge in [0, 0.05) is 6.54 Å². The third-order valence-electron chi connectivity index (χ3n) is 4.57. The van der Waals surface area contributed by atoms with Crippen LogP contribution >= 0.6 is 11.3 Å². The number of piperazine rings is 1. The second-order valence-corrected chi connectivity index (χ2v) is 6.51. The van der Waals surface area contributed by atoms with Crippen LogP contribution in [0.15, 0.2) is 16.8 Å². The van der Waals surface area contributed by atoms with Crippen LogP contribution in [0, 0.1) is 0 Å². The lowest BCUT2D eigenvalue weighted by Crippen LogP contribution is -2.69. The van der Waals surface area contributed by atoms with Gasteiger partial charge in [-0.15, -0.1) is 0 Å². The molecule has 108 valence electrons. The molecule has 0 bridgehead atoms. The topological polar surface area (TPSA) is 49.4 Å². The van der Waals surface area contributed by atoms with Crippen molar-refractivity contribution in [3.8, 4) is 0 Å². The molecule has 2 fully saturated rings. The van der Waals surface area contributed by atoms with Gasteiger partial charge >= 0.3 is 0 Å². The average molecular weight is 292 g/mol. The Morgan fingerprint density at radius 3 is 2.75 bits per heavy atom. The zero-order valence-corrected chi connectivity index (χ0v) is 12.5. The minimum atomic E-state index is -0.593. The van der Waals surface area contributed by atoms with Crippen molar-refractivity contribution in [3.63, 3.8) is 0 Å². The minimum Gasteiger partial charge on any atom is -0.342 e. The Kier molecular flexibility index (Phi) is 3.54. The maximum absolute atomic E-state index is 12.7. The van der Waals surface area contributed by atoms with Crippen molar-refractivity contribution < 1.29 is 9.59 Å². The largest absolute Gasteiger partial charge is 0.342 e. The molecule has 1 atom stereocenters. The Balaban J connectivity index is 1.94. The summed E-state index contributed by atoms with van der Waals surface area (Å²) in [6.45, 7) is 2.50. The third kappa shape index (κ3) is 2.04. The first-order valence-corrected chi connectivity index (χ1v) is 8.25. The first kappa shape index (κ1) is 13.6. The maximum atomic E-state index is 12.7. The summed E-state index contributed by atoms with van der Waals surface area (Å²) in [5, 5.41) is 7.01. The Morgan fingerprint density at radius 2 is 2.15 bits per heavy atom. The average Bonchev–Trinajstić information content (AvgIpc) is 3.11. The molecular formula is C15H20N2O2S. The molecule has 1 N–H and O–H groups in total. The van der Waals surface area contributed by atoms with E-state index in [9.17, 15) is 9.59 Å². The van der Waals surface area contributed by atoms with Gasteiger partial charge in [0.15, 0.2) is 0 Å². The second-order valence-electron chi connectivity index (χ2n) is 5.73. The van der Waals surface area contributed by atoms with Gasteiger partial charge in [-0.2, -0.15) is 11.3 Å². The van der Waals surface area contributed by atoms with E-state index in [1.807, 2.05) is 23.3 Å². The van der Waals surface area contributed by atoms with Gasteiger partial charge in [-0.05, 0) is 41.7 Å². The van der Waals surface area contributed by atoms with Gasteiger partial charge in [0.1, 0.15) is 11.6 Å². The van der Waals surface area contributed by atoms with E-state index in [-0.39, 0.29) is 17.9 Å². The Bertz CT molecular complexity index is 506. The molecule has 1 aliphatic heterocycles. The third-order valence-corrected chi connectivity index (χ3v) is 5.30. The van der Waals surface area contributed by atoms with Crippen molar-refractivity contribution in [1.82, 2.24) is 10.2 Å². The normalized spacial score (nSPS) is 25.2. The first-order chi connectivity index (χ1) is 9.67. The highest BCUT2D eigenvalue weighted by molar-refractivity contribution is 7.07. The monoisotopic (exact) mass is 292 g/mol. The minimum absolute atomic E-state index is 0.0525. The predicted molar refractivity (Wildman–Crippen MR) is 78.3 cm³/mol. The highest BCUT2D eigenvalue weighted by atomic mass is 32.1. The van der Waals surface area contributed by atoms with Gasteiger partial charge in [-0.1, -0.05) is 19.8 Å². The van der Waals surface area contributed by atoms with E-state index in [0.29, 0.717) is 13.0 Å². The molecule has 0 radical (unpaired) electrons. The fourth-order valence-corrected chi connectivity index (χ4v) is 4.06. The van der Waals surface area contributed by atoms with E-state index in [0.717, 1.165) is 31.2 Å². The summed E-state index contributed by atoms with van der Waals surface area (Å²) in [6.07, 6.45) is 4.30. The van der Waals surface area contributed by atoms with Gasteiger partial charge in [-0.3, -0.25) is 9.59 Å². The van der Waals surface area contributed by atoms with Crippen LogP contribution in [0.1, 0.15) is 44.6 Å². The van der Waals surface area contributed by atoms with Crippen molar-refractivity contribution in [2.75, 3.05) is 0 Å². The number of nitrogens with one attached hydrogen (secondary N) is 1. The Labute approximate surface area is 123 Å². The van der Waals surface area contributed by atoms with Crippen molar-refractivity contribution in [2.24, 2.45) is 0 Å². The van der Waals surface area contributed by atoms with E-state index in [1.165, 1.54) is 0 Å². The Morgan fingerprint density at radius 1 is 1.40 bits per heavy atom. The van der Waals surface area contributed by atoms with Gasteiger partial charge in [-0.25, -0.2) is 0 Å². The maximum Gasteiger partial charge on any atom is 0.246 e. The molecule has 2 heterocycles. The molecule has 4 nitrogen and oxygen atoms in total. The Hall–Kier alpha value is -1.36. The number of hydrogen-bond donors (Lipinski definition) is 1. The number of amides is 2. The molecule has 1 spiro atoms. The molecule has 2 amide bonds. The highest BCUT2D eigenvalue weighted by Gasteiger charge is 2.53. The summed E-state index contributed by atoms with van der Waals surface area (Å²) in [6, 6.07) is 1.68. The lowest BCUT2D eigenvalue weighted by molar-refractivity contribution is -0.158. The van der Waals surface area contributed by atoms with Crippen LogP contribution < -0.4 is 5.32 Å². The number of nitrogens with zero attached hydrogens (tertiary/aromatic N) is 1. The van der Waals surface area contributed by atoms with Crippen molar-refractivity contribution in [1.29, 1.82) is 0 Å². The van der Waals surface area contributed by atoms with E-state index >= 15 is 0 Å². The smallest absolute Gasteiger partial charge is 0.246 e. The molecule has 1 aromatic heterocycles. The molecule has 1 aliphatic carbocycles. The van der Waals surface area contributed by atoms with Crippen LogP contribution in [0.4, 0.5) is 0 Å². The summed E-state index contributed by atoms with van der Waals surface area (Å²) in [7, 11) is 0. The molecule has 1 saturated carbocycles. The van der Waals surface area contributed by atoms with E-state index in [4.69, 9.17) is 0 Å². The first-order valence-electron chi connectivity index (χ1n) is 7.31.